The van der Waals surface area contributed by atoms with E-state index in [1.54, 1.807) is 14.2 Å². The zero-order chi connectivity index (χ0) is 31.6. The fraction of sp³-hybridized carbons (Fsp3) is 0.444. The lowest BCUT2D eigenvalue weighted by atomic mass is 10.0. The summed E-state index contributed by atoms with van der Waals surface area (Å²) in [5.74, 6) is 1.70. The molecule has 44 heavy (non-hydrogen) atoms. The van der Waals surface area contributed by atoms with Crippen molar-refractivity contribution in [2.45, 2.75) is 52.6 Å². The van der Waals surface area contributed by atoms with Gasteiger partial charge in [-0.1, -0.05) is 42.5 Å². The van der Waals surface area contributed by atoms with E-state index in [4.69, 9.17) is 9.47 Å². The van der Waals surface area contributed by atoms with Gasteiger partial charge >= 0.3 is 0 Å². The molecular weight excluding hydrogens is 552 g/mol. The van der Waals surface area contributed by atoms with Crippen LogP contribution in [0.2, 0.25) is 0 Å². The highest BCUT2D eigenvalue weighted by atomic mass is 16.5. The van der Waals surface area contributed by atoms with E-state index in [9.17, 15) is 9.59 Å². The average Bonchev–Trinajstić information content (AvgIpc) is 3.06. The highest BCUT2D eigenvalue weighted by Crippen LogP contribution is 2.30. The first-order valence-corrected chi connectivity index (χ1v) is 15.6. The third-order valence-corrected chi connectivity index (χ3v) is 8.49. The van der Waals surface area contributed by atoms with Gasteiger partial charge in [-0.25, -0.2) is 0 Å². The van der Waals surface area contributed by atoms with E-state index >= 15 is 0 Å². The number of carbonyl (C=O) groups excluding carboxylic acids is 2. The minimum absolute atomic E-state index is 0.0531. The number of hydrogen-bond donors (Lipinski definition) is 0. The summed E-state index contributed by atoms with van der Waals surface area (Å²) >= 11 is 0. The molecule has 0 bridgehead atoms. The molecule has 2 amide bonds. The zero-order valence-corrected chi connectivity index (χ0v) is 27.2. The van der Waals surface area contributed by atoms with Crippen LogP contribution in [0.4, 0.5) is 11.4 Å². The number of rotatable bonds is 9. The maximum atomic E-state index is 14.0. The summed E-state index contributed by atoms with van der Waals surface area (Å²) in [6.45, 7) is 10.3. The second kappa shape index (κ2) is 15.6. The van der Waals surface area contributed by atoms with Crippen molar-refractivity contribution < 1.29 is 19.1 Å². The van der Waals surface area contributed by atoms with Crippen molar-refractivity contribution in [2.24, 2.45) is 0 Å². The number of benzene rings is 3. The molecule has 0 radical (unpaired) electrons. The summed E-state index contributed by atoms with van der Waals surface area (Å²) < 4.78 is 10.8. The maximum Gasteiger partial charge on any atom is 0.231 e. The van der Waals surface area contributed by atoms with E-state index in [1.165, 1.54) is 0 Å². The number of para-hydroxylation sites is 3. The monoisotopic (exact) mass is 600 g/mol. The molecule has 236 valence electrons. The van der Waals surface area contributed by atoms with Crippen LogP contribution in [0.5, 0.6) is 11.5 Å². The smallest absolute Gasteiger partial charge is 0.231 e. The Morgan fingerprint density at radius 3 is 2.32 bits per heavy atom. The zero-order valence-electron chi connectivity index (χ0n) is 27.2. The fourth-order valence-electron chi connectivity index (χ4n) is 5.90. The Labute approximate surface area is 263 Å². The number of anilines is 2. The Bertz CT molecular complexity index is 1390. The van der Waals surface area contributed by atoms with Crippen molar-refractivity contribution in [3.05, 3.63) is 83.4 Å². The molecule has 1 aliphatic rings. The average molecular weight is 601 g/mol. The molecule has 0 saturated heterocycles. The van der Waals surface area contributed by atoms with E-state index in [0.717, 1.165) is 59.1 Å². The molecule has 0 saturated carbocycles. The Morgan fingerprint density at radius 2 is 1.61 bits per heavy atom. The molecule has 0 spiro atoms. The predicted molar refractivity (Wildman–Crippen MR) is 178 cm³/mol. The molecule has 0 fully saturated rings. The van der Waals surface area contributed by atoms with Crippen LogP contribution >= 0.6 is 0 Å². The van der Waals surface area contributed by atoms with E-state index < -0.39 is 0 Å². The molecule has 1 heterocycles. The van der Waals surface area contributed by atoms with Gasteiger partial charge in [0, 0.05) is 58.8 Å². The minimum atomic E-state index is 0.0531. The van der Waals surface area contributed by atoms with Crippen LogP contribution < -0.4 is 19.3 Å². The Morgan fingerprint density at radius 1 is 0.864 bits per heavy atom. The first-order valence-electron chi connectivity index (χ1n) is 15.6. The highest BCUT2D eigenvalue weighted by Gasteiger charge is 2.26. The number of fused-ring (bicyclic) bond motifs is 1. The first kappa shape index (κ1) is 32.9. The van der Waals surface area contributed by atoms with Gasteiger partial charge in [0.1, 0.15) is 11.5 Å². The molecule has 4 rings (SSSR count). The molecular formula is C36H48N4O4. The minimum Gasteiger partial charge on any atom is -0.497 e. The Kier molecular flexibility index (Phi) is 11.7. The number of hydrogen-bond acceptors (Lipinski definition) is 6. The van der Waals surface area contributed by atoms with Gasteiger partial charge in [0.15, 0.2) is 0 Å². The van der Waals surface area contributed by atoms with Crippen LogP contribution in [0.3, 0.4) is 0 Å². The van der Waals surface area contributed by atoms with Gasteiger partial charge in [-0.3, -0.25) is 14.5 Å². The van der Waals surface area contributed by atoms with Gasteiger partial charge < -0.3 is 24.2 Å². The van der Waals surface area contributed by atoms with Gasteiger partial charge in [0.2, 0.25) is 11.8 Å². The van der Waals surface area contributed by atoms with Crippen LogP contribution in [0.25, 0.3) is 0 Å². The van der Waals surface area contributed by atoms with Crippen molar-refractivity contribution >= 4 is 23.2 Å². The quantitative estimate of drug-likeness (QED) is 0.321. The van der Waals surface area contributed by atoms with Gasteiger partial charge in [0.05, 0.1) is 32.0 Å². The summed E-state index contributed by atoms with van der Waals surface area (Å²) in [6, 6.07) is 22.0. The second-order valence-corrected chi connectivity index (χ2v) is 11.8. The van der Waals surface area contributed by atoms with Gasteiger partial charge in [-0.2, -0.15) is 0 Å². The maximum absolute atomic E-state index is 14.0. The normalized spacial score (nSPS) is 14.5. The number of methoxy groups -OCH3 is 2. The number of amides is 2. The molecule has 0 atom stereocenters. The van der Waals surface area contributed by atoms with Crippen LogP contribution in [0, 0.1) is 6.92 Å². The lowest BCUT2D eigenvalue weighted by molar-refractivity contribution is -0.132. The topological polar surface area (TPSA) is 65.6 Å². The molecule has 3 aromatic rings. The van der Waals surface area contributed by atoms with Crippen molar-refractivity contribution in [1.29, 1.82) is 0 Å². The molecule has 0 unspecified atom stereocenters. The van der Waals surface area contributed by atoms with E-state index in [2.05, 4.69) is 42.7 Å². The molecule has 8 nitrogen and oxygen atoms in total. The lowest BCUT2D eigenvalue weighted by Crippen LogP contribution is -2.42. The molecule has 0 aliphatic carbocycles. The van der Waals surface area contributed by atoms with Crippen molar-refractivity contribution in [3.63, 3.8) is 0 Å². The van der Waals surface area contributed by atoms with Crippen LogP contribution in [0.1, 0.15) is 43.4 Å². The predicted octanol–water partition coefficient (Wildman–Crippen LogP) is 5.56. The molecule has 0 N–H and O–H groups in total. The van der Waals surface area contributed by atoms with E-state index in [0.29, 0.717) is 45.1 Å². The number of aryl methyl sites for hydroxylation is 1. The Hall–Kier alpha value is -4.04. The molecule has 3 aromatic carbocycles. The second-order valence-electron chi connectivity index (χ2n) is 11.8. The van der Waals surface area contributed by atoms with Gasteiger partial charge in [0.25, 0.3) is 0 Å². The van der Waals surface area contributed by atoms with Crippen molar-refractivity contribution in [3.8, 4) is 11.5 Å². The summed E-state index contributed by atoms with van der Waals surface area (Å²) in [7, 11) is 5.29. The van der Waals surface area contributed by atoms with Crippen LogP contribution in [-0.2, 0) is 22.6 Å². The highest BCUT2D eigenvalue weighted by molar-refractivity contribution is 5.96. The fourth-order valence-corrected chi connectivity index (χ4v) is 5.90. The van der Waals surface area contributed by atoms with Crippen molar-refractivity contribution in [1.82, 2.24) is 9.80 Å². The van der Waals surface area contributed by atoms with Crippen molar-refractivity contribution in [2.75, 3.05) is 63.8 Å². The Balaban J connectivity index is 1.60. The van der Waals surface area contributed by atoms with Gasteiger partial charge in [-0.15, -0.1) is 0 Å². The molecule has 0 aromatic heterocycles. The third kappa shape index (κ3) is 8.32. The third-order valence-electron chi connectivity index (χ3n) is 8.49. The first-order chi connectivity index (χ1) is 21.2. The van der Waals surface area contributed by atoms with Crippen LogP contribution in [0.15, 0.2) is 66.7 Å². The van der Waals surface area contributed by atoms with Gasteiger partial charge in [-0.05, 0) is 68.1 Å². The summed E-state index contributed by atoms with van der Waals surface area (Å²) in [5.41, 5.74) is 4.86. The van der Waals surface area contributed by atoms with E-state index in [1.807, 2.05) is 71.4 Å². The number of carbonyl (C=O) groups is 2. The summed E-state index contributed by atoms with van der Waals surface area (Å²) in [6.07, 6.45) is 1.51. The standard InChI is InChI=1S/C36H48N4O4/c1-27(2)38-20-10-21-40(35(42)25-29-15-17-31(43-5)18-16-29)36-28(3)11-9-12-30(36)26-39(24-23-38)34(41)19-22-37(4)32-13-7-8-14-33(32)44-6/h7-9,11-18,27H,10,19-26H2,1-6H3. The molecule has 8 heteroatoms. The largest absolute Gasteiger partial charge is 0.497 e. The lowest BCUT2D eigenvalue weighted by Gasteiger charge is -2.31. The SMILES string of the molecule is COc1ccc(CC(=O)N2CCCN(C(C)C)CCN(C(=O)CCN(C)c3ccccc3OC)Cc3cccc(C)c32)cc1. The molecule has 1 aliphatic heterocycles. The number of nitrogens with zero attached hydrogens (tertiary/aromatic N) is 4. The summed E-state index contributed by atoms with van der Waals surface area (Å²) in [5, 5.41) is 0. The number of ether oxygens (including phenoxy) is 2. The van der Waals surface area contributed by atoms with E-state index in [-0.39, 0.29) is 11.8 Å². The summed E-state index contributed by atoms with van der Waals surface area (Å²) in [4.78, 5) is 36.3. The van der Waals surface area contributed by atoms with Crippen LogP contribution in [-0.4, -0.2) is 81.6 Å².